The first-order chi connectivity index (χ1) is 29.5. The maximum atomic E-state index is 15.4. The molecule has 1 saturated carbocycles. The minimum Gasteiger partial charge on any atom is -0.502 e. The van der Waals surface area contributed by atoms with Crippen molar-refractivity contribution < 1.29 is 65.2 Å². The summed E-state index contributed by atoms with van der Waals surface area (Å²) in [5.41, 5.74) is -0.0958. The second-order valence-corrected chi connectivity index (χ2v) is 16.3. The normalized spacial score (nSPS) is 25.5. The smallest absolute Gasteiger partial charge is 0.258 e. The number of amides is 4. The largest absolute Gasteiger partial charge is 0.502 e. The first-order valence-electron chi connectivity index (χ1n) is 18.8. The SMILES string of the molecule is COc1ccc(OC)c(C=Cc2ccc(N3C(=O)C4CC=C5C(CC6(Cl)C(=O)N(c7c(F)c(F)c(F)c(F)c7F)C(=O)C6(Cl)C5c5cc(OC)c(O)c(OC)c5)C4C3=O)cc2)c1. The van der Waals surface area contributed by atoms with E-state index < -0.39 is 104 Å². The molecule has 4 aromatic rings. The number of carbonyl (C=O) groups excluding carboxylic acids is 4. The van der Waals surface area contributed by atoms with E-state index in [9.17, 15) is 37.5 Å². The molecular formula is C44H33Cl2F5N2O9. The van der Waals surface area contributed by atoms with Gasteiger partial charge in [-0.15, -0.1) is 23.2 Å². The lowest BCUT2D eigenvalue weighted by Gasteiger charge is -2.50. The minimum atomic E-state index is -2.79. The van der Waals surface area contributed by atoms with Gasteiger partial charge in [0.2, 0.25) is 23.4 Å². The number of methoxy groups -OCH3 is 4. The molecule has 1 N–H and O–H groups in total. The number of hydrogen-bond donors (Lipinski definition) is 1. The van der Waals surface area contributed by atoms with Crippen LogP contribution in [0.1, 0.15) is 35.4 Å². The Morgan fingerprint density at radius 2 is 1.29 bits per heavy atom. The van der Waals surface area contributed by atoms with Crippen LogP contribution in [0.15, 0.2) is 66.2 Å². The molecule has 2 aliphatic carbocycles. The molecule has 0 aromatic heterocycles. The van der Waals surface area contributed by atoms with Gasteiger partial charge in [0.15, 0.2) is 44.5 Å². The number of phenols is 1. The van der Waals surface area contributed by atoms with Crippen LogP contribution >= 0.6 is 23.2 Å². The standard InChI is InChI=1S/C44H33Cl2F5N2O9/c1-59-23-11-14-27(60-2)20(15-23)8-5-19-6-9-22(10-7-19)52-39(55)25-13-12-24-26(30(25)40(52)56)18-43(45)41(57)53(37-35(50)33(48)32(47)34(49)36(37)51)42(58)44(43,46)31(24)21-16-28(61-3)38(54)29(17-21)62-4/h5-12,14-17,25-26,30-31,54H,13,18H2,1-4H3. The number of fused-ring (bicyclic) bond motifs is 4. The van der Waals surface area contributed by atoms with Gasteiger partial charge in [0.1, 0.15) is 17.2 Å². The summed E-state index contributed by atoms with van der Waals surface area (Å²) in [4.78, 5) is 53.2. The first-order valence-corrected chi connectivity index (χ1v) is 19.6. The maximum Gasteiger partial charge on any atom is 0.258 e. The number of carbonyl (C=O) groups is 4. The summed E-state index contributed by atoms with van der Waals surface area (Å²) in [5, 5.41) is 10.8. The number of alkyl halides is 2. The number of ether oxygens (including phenoxy) is 4. The molecule has 11 nitrogen and oxygen atoms in total. The van der Waals surface area contributed by atoms with E-state index in [0.717, 1.165) is 10.5 Å². The van der Waals surface area contributed by atoms with Gasteiger partial charge in [-0.2, -0.15) is 0 Å². The summed E-state index contributed by atoms with van der Waals surface area (Å²) in [6.07, 6.45) is 4.35. The van der Waals surface area contributed by atoms with E-state index in [-0.39, 0.29) is 39.6 Å². The molecule has 0 spiro atoms. The molecule has 6 unspecified atom stereocenters. The molecule has 4 amide bonds. The van der Waals surface area contributed by atoms with Crippen LogP contribution in [-0.2, 0) is 19.2 Å². The summed E-state index contributed by atoms with van der Waals surface area (Å²) >= 11 is 14.5. The van der Waals surface area contributed by atoms with E-state index in [1.54, 1.807) is 60.7 Å². The van der Waals surface area contributed by atoms with E-state index in [2.05, 4.69) is 0 Å². The molecule has 0 bridgehead atoms. The van der Waals surface area contributed by atoms with Crippen molar-refractivity contribution in [1.29, 1.82) is 0 Å². The van der Waals surface area contributed by atoms with Crippen molar-refractivity contribution >= 4 is 70.4 Å². The summed E-state index contributed by atoms with van der Waals surface area (Å²) in [6.45, 7) is 0. The lowest BCUT2D eigenvalue weighted by atomic mass is 9.56. The van der Waals surface area contributed by atoms with Crippen LogP contribution in [0.25, 0.3) is 12.2 Å². The van der Waals surface area contributed by atoms with Crippen LogP contribution in [0.4, 0.5) is 33.3 Å². The summed E-state index contributed by atoms with van der Waals surface area (Å²) in [7, 11) is 5.46. The highest BCUT2D eigenvalue weighted by Crippen LogP contribution is 2.66. The van der Waals surface area contributed by atoms with Gasteiger partial charge >= 0.3 is 0 Å². The molecule has 2 aliphatic heterocycles. The summed E-state index contributed by atoms with van der Waals surface area (Å²) in [6, 6.07) is 14.2. The average Bonchev–Trinajstić information content (AvgIpc) is 3.61. The molecular weight excluding hydrogens is 866 g/mol. The molecule has 18 heteroatoms. The van der Waals surface area contributed by atoms with Gasteiger partial charge in [0, 0.05) is 11.5 Å². The number of nitrogens with zero attached hydrogens (tertiary/aromatic N) is 2. The third-order valence-corrected chi connectivity index (χ3v) is 13.5. The second kappa shape index (κ2) is 15.3. The van der Waals surface area contributed by atoms with E-state index >= 15 is 8.78 Å². The van der Waals surface area contributed by atoms with Gasteiger partial charge < -0.3 is 24.1 Å². The Hall–Kier alpha value is -6.13. The number of phenolic OH excluding ortho intramolecular Hbond substituents is 1. The molecule has 3 fully saturated rings. The lowest BCUT2D eigenvalue weighted by molar-refractivity contribution is -0.125. The van der Waals surface area contributed by atoms with Gasteiger partial charge in [-0.25, -0.2) is 26.9 Å². The Morgan fingerprint density at radius 3 is 1.87 bits per heavy atom. The Labute approximate surface area is 359 Å². The quantitative estimate of drug-likeness (QED) is 0.0337. The van der Waals surface area contributed by atoms with Crippen LogP contribution in [0.3, 0.4) is 0 Å². The monoisotopic (exact) mass is 898 g/mol. The zero-order valence-electron chi connectivity index (χ0n) is 32.9. The molecule has 4 aromatic carbocycles. The topological polar surface area (TPSA) is 132 Å². The number of aromatic hydroxyl groups is 1. The van der Waals surface area contributed by atoms with Gasteiger partial charge in [0.05, 0.1) is 46.0 Å². The summed E-state index contributed by atoms with van der Waals surface area (Å²) in [5.74, 6) is -21.8. The van der Waals surface area contributed by atoms with Crippen LogP contribution in [-0.4, -0.2) is 66.9 Å². The Kier molecular flexibility index (Phi) is 10.5. The molecule has 2 heterocycles. The average molecular weight is 900 g/mol. The Balaban J connectivity index is 1.22. The van der Waals surface area contributed by atoms with Gasteiger partial charge in [-0.3, -0.25) is 24.1 Å². The molecule has 0 radical (unpaired) electrons. The molecule has 6 atom stereocenters. The Bertz CT molecular complexity index is 2630. The second-order valence-electron chi connectivity index (χ2n) is 15.0. The highest BCUT2D eigenvalue weighted by atomic mass is 35.5. The van der Waals surface area contributed by atoms with E-state index in [1.165, 1.54) is 40.6 Å². The third-order valence-electron chi connectivity index (χ3n) is 12.1. The van der Waals surface area contributed by atoms with E-state index in [4.69, 9.17) is 42.1 Å². The van der Waals surface area contributed by atoms with Gasteiger partial charge in [-0.05, 0) is 72.4 Å². The van der Waals surface area contributed by atoms with Crippen molar-refractivity contribution in [2.24, 2.45) is 17.8 Å². The number of imide groups is 2. The van der Waals surface area contributed by atoms with E-state index in [1.807, 2.05) is 0 Å². The number of hydrogen-bond acceptors (Lipinski definition) is 9. The highest BCUT2D eigenvalue weighted by molar-refractivity contribution is 6.58. The molecule has 322 valence electrons. The number of rotatable bonds is 9. The predicted molar refractivity (Wildman–Crippen MR) is 215 cm³/mol. The highest BCUT2D eigenvalue weighted by Gasteiger charge is 2.77. The van der Waals surface area contributed by atoms with Crippen LogP contribution in [0.5, 0.6) is 28.7 Å². The van der Waals surface area contributed by atoms with Crippen molar-refractivity contribution in [2.75, 3.05) is 38.2 Å². The third kappa shape index (κ3) is 5.97. The minimum absolute atomic E-state index is 0.0184. The van der Waals surface area contributed by atoms with Crippen molar-refractivity contribution in [3.05, 3.63) is 112 Å². The summed E-state index contributed by atoms with van der Waals surface area (Å²) < 4.78 is 95.8. The lowest BCUT2D eigenvalue weighted by Crippen LogP contribution is -2.60. The number of allylic oxidation sites excluding steroid dienone is 2. The van der Waals surface area contributed by atoms with Crippen LogP contribution in [0.2, 0.25) is 0 Å². The van der Waals surface area contributed by atoms with E-state index in [0.29, 0.717) is 17.1 Å². The molecule has 2 saturated heterocycles. The zero-order valence-corrected chi connectivity index (χ0v) is 34.4. The first kappa shape index (κ1) is 42.6. The van der Waals surface area contributed by atoms with Crippen molar-refractivity contribution in [2.45, 2.75) is 28.5 Å². The fourth-order valence-electron chi connectivity index (χ4n) is 9.17. The number of halogens is 7. The maximum absolute atomic E-state index is 15.4. The van der Waals surface area contributed by atoms with Gasteiger partial charge in [0.25, 0.3) is 11.8 Å². The molecule has 62 heavy (non-hydrogen) atoms. The molecule has 4 aliphatic rings. The Morgan fingerprint density at radius 1 is 0.694 bits per heavy atom. The van der Waals surface area contributed by atoms with Crippen molar-refractivity contribution in [1.82, 2.24) is 0 Å². The van der Waals surface area contributed by atoms with Gasteiger partial charge in [-0.1, -0.05) is 35.9 Å². The molecule has 8 rings (SSSR count). The van der Waals surface area contributed by atoms with Crippen LogP contribution < -0.4 is 28.7 Å². The van der Waals surface area contributed by atoms with Crippen LogP contribution in [0, 0.1) is 46.8 Å². The number of anilines is 2. The fraction of sp³-hybridized carbons (Fsp3) is 0.273. The van der Waals surface area contributed by atoms with Crippen molar-refractivity contribution in [3.63, 3.8) is 0 Å². The fourth-order valence-corrected chi connectivity index (χ4v) is 10.1. The number of benzene rings is 4. The zero-order chi connectivity index (χ0) is 44.7. The van der Waals surface area contributed by atoms with Crippen molar-refractivity contribution in [3.8, 4) is 28.7 Å². The predicted octanol–water partition coefficient (Wildman–Crippen LogP) is 8.06.